The number of hydrogen-bond donors (Lipinski definition) is 2. The van der Waals surface area contributed by atoms with Crippen LogP contribution in [0.3, 0.4) is 0 Å². The first-order valence-corrected chi connectivity index (χ1v) is 8.20. The van der Waals surface area contributed by atoms with E-state index in [1.807, 2.05) is 17.9 Å². The van der Waals surface area contributed by atoms with E-state index >= 15 is 0 Å². The average molecular weight is 341 g/mol. The van der Waals surface area contributed by atoms with Gasteiger partial charge in [0.25, 0.3) is 5.56 Å². The minimum atomic E-state index is -0.743. The van der Waals surface area contributed by atoms with E-state index in [1.165, 1.54) is 12.1 Å². The fourth-order valence-corrected chi connectivity index (χ4v) is 2.76. The third kappa shape index (κ3) is 4.10. The summed E-state index contributed by atoms with van der Waals surface area (Å²) in [6.45, 7) is 3.42. The van der Waals surface area contributed by atoms with Crippen LogP contribution in [0.2, 0.25) is 0 Å². The summed E-state index contributed by atoms with van der Waals surface area (Å²) in [6.07, 6.45) is -0.743. The zero-order valence-electron chi connectivity index (χ0n) is 13.9. The molecule has 1 unspecified atom stereocenters. The highest BCUT2D eigenvalue weighted by molar-refractivity contribution is 5.77. The van der Waals surface area contributed by atoms with E-state index < -0.39 is 6.10 Å². The Kier molecular flexibility index (Phi) is 5.21. The highest BCUT2D eigenvalue weighted by Gasteiger charge is 2.14. The standard InChI is InChI=1S/C19H20FN3O2/c1-2-23(11-17(24)13-7-9-14(20)10-8-13)12-18-21-16-6-4-3-5-15(16)19(25)22-18/h3-10,17,24H,2,11-12H2,1H3,(H,21,22,25). The quantitative estimate of drug-likeness (QED) is 0.723. The molecule has 2 aromatic carbocycles. The van der Waals surface area contributed by atoms with Crippen molar-refractivity contribution in [1.29, 1.82) is 0 Å². The van der Waals surface area contributed by atoms with Crippen molar-refractivity contribution in [3.8, 4) is 0 Å². The summed E-state index contributed by atoms with van der Waals surface area (Å²) in [4.78, 5) is 21.4. The summed E-state index contributed by atoms with van der Waals surface area (Å²) in [5.74, 6) is 0.220. The Morgan fingerprint density at radius 1 is 1.20 bits per heavy atom. The molecular weight excluding hydrogens is 321 g/mol. The fraction of sp³-hybridized carbons (Fsp3) is 0.263. The van der Waals surface area contributed by atoms with E-state index in [4.69, 9.17) is 0 Å². The van der Waals surface area contributed by atoms with E-state index in [-0.39, 0.29) is 11.4 Å². The van der Waals surface area contributed by atoms with Crippen molar-refractivity contribution < 1.29 is 9.50 Å². The van der Waals surface area contributed by atoms with Gasteiger partial charge in [0.05, 0.1) is 23.6 Å². The number of para-hydroxylation sites is 1. The number of halogens is 1. The maximum atomic E-state index is 13.0. The number of aliphatic hydroxyl groups excluding tert-OH is 1. The number of rotatable bonds is 6. The Hall–Kier alpha value is -2.57. The molecule has 0 amide bonds. The lowest BCUT2D eigenvalue weighted by Gasteiger charge is -2.23. The molecular formula is C19H20FN3O2. The Labute approximate surface area is 144 Å². The Morgan fingerprint density at radius 3 is 2.64 bits per heavy atom. The molecule has 0 aliphatic rings. The van der Waals surface area contributed by atoms with E-state index in [9.17, 15) is 14.3 Å². The molecule has 5 nitrogen and oxygen atoms in total. The molecule has 25 heavy (non-hydrogen) atoms. The van der Waals surface area contributed by atoms with E-state index in [1.54, 1.807) is 30.3 Å². The monoisotopic (exact) mass is 341 g/mol. The lowest BCUT2D eigenvalue weighted by Crippen LogP contribution is -2.30. The summed E-state index contributed by atoms with van der Waals surface area (Å²) in [7, 11) is 0. The molecule has 0 saturated heterocycles. The second-order valence-electron chi connectivity index (χ2n) is 5.92. The van der Waals surface area contributed by atoms with Crippen LogP contribution in [0.25, 0.3) is 10.9 Å². The number of aliphatic hydroxyl groups is 1. The van der Waals surface area contributed by atoms with Crippen LogP contribution in [-0.2, 0) is 6.54 Å². The van der Waals surface area contributed by atoms with Gasteiger partial charge in [-0.05, 0) is 36.4 Å². The zero-order valence-corrected chi connectivity index (χ0v) is 13.9. The number of fused-ring (bicyclic) bond motifs is 1. The van der Waals surface area contributed by atoms with Gasteiger partial charge in [0.2, 0.25) is 0 Å². The molecule has 1 heterocycles. The van der Waals surface area contributed by atoms with Gasteiger partial charge in [-0.3, -0.25) is 9.69 Å². The van der Waals surface area contributed by atoms with Gasteiger partial charge in [-0.2, -0.15) is 0 Å². The summed E-state index contributed by atoms with van der Waals surface area (Å²) in [6, 6.07) is 13.0. The molecule has 6 heteroatoms. The van der Waals surface area contributed by atoms with Crippen molar-refractivity contribution >= 4 is 10.9 Å². The van der Waals surface area contributed by atoms with Crippen LogP contribution in [-0.4, -0.2) is 33.1 Å². The molecule has 2 N–H and O–H groups in total. The summed E-state index contributed by atoms with van der Waals surface area (Å²) >= 11 is 0. The number of nitrogens with one attached hydrogen (secondary N) is 1. The SMILES string of the molecule is CCN(Cc1nc2ccccc2c(=O)[nH]1)CC(O)c1ccc(F)cc1. The van der Waals surface area contributed by atoms with Crippen molar-refractivity contribution in [2.24, 2.45) is 0 Å². The lowest BCUT2D eigenvalue weighted by atomic mass is 10.1. The summed E-state index contributed by atoms with van der Waals surface area (Å²) < 4.78 is 13.0. The smallest absolute Gasteiger partial charge is 0.258 e. The van der Waals surface area contributed by atoms with E-state index in [0.29, 0.717) is 41.9 Å². The second kappa shape index (κ2) is 7.55. The van der Waals surface area contributed by atoms with Crippen LogP contribution in [0.15, 0.2) is 53.3 Å². The van der Waals surface area contributed by atoms with Crippen LogP contribution in [0.1, 0.15) is 24.4 Å². The van der Waals surface area contributed by atoms with Crippen molar-refractivity contribution in [1.82, 2.24) is 14.9 Å². The van der Waals surface area contributed by atoms with Gasteiger partial charge in [-0.25, -0.2) is 9.37 Å². The summed E-state index contributed by atoms with van der Waals surface area (Å²) in [5, 5.41) is 10.9. The predicted octanol–water partition coefficient (Wildman–Crippen LogP) is 2.62. The van der Waals surface area contributed by atoms with Crippen LogP contribution in [0.5, 0.6) is 0 Å². The van der Waals surface area contributed by atoms with Crippen LogP contribution >= 0.6 is 0 Å². The van der Waals surface area contributed by atoms with Crippen LogP contribution in [0.4, 0.5) is 4.39 Å². The molecule has 0 radical (unpaired) electrons. The first-order valence-electron chi connectivity index (χ1n) is 8.20. The number of H-pyrrole nitrogens is 1. The number of nitrogens with zero attached hydrogens (tertiary/aromatic N) is 2. The summed E-state index contributed by atoms with van der Waals surface area (Å²) in [5.41, 5.74) is 1.13. The molecule has 1 aromatic heterocycles. The molecule has 0 fully saturated rings. The molecule has 0 aliphatic heterocycles. The predicted molar refractivity (Wildman–Crippen MR) is 94.7 cm³/mol. The number of likely N-dealkylation sites (N-methyl/N-ethyl adjacent to an activating group) is 1. The molecule has 0 bridgehead atoms. The van der Waals surface area contributed by atoms with Crippen molar-refractivity contribution in [3.05, 3.63) is 76.1 Å². The molecule has 130 valence electrons. The van der Waals surface area contributed by atoms with Gasteiger partial charge in [0.1, 0.15) is 11.6 Å². The minimum absolute atomic E-state index is 0.171. The average Bonchev–Trinajstić information content (AvgIpc) is 2.61. The minimum Gasteiger partial charge on any atom is -0.387 e. The second-order valence-corrected chi connectivity index (χ2v) is 5.92. The number of hydrogen-bond acceptors (Lipinski definition) is 4. The molecule has 3 rings (SSSR count). The van der Waals surface area contributed by atoms with E-state index in [2.05, 4.69) is 9.97 Å². The molecule has 1 atom stereocenters. The van der Waals surface area contributed by atoms with Crippen molar-refractivity contribution in [2.75, 3.05) is 13.1 Å². The highest BCUT2D eigenvalue weighted by atomic mass is 19.1. The Balaban J connectivity index is 1.75. The van der Waals surface area contributed by atoms with E-state index in [0.717, 1.165) is 0 Å². The number of aromatic amines is 1. The highest BCUT2D eigenvalue weighted by Crippen LogP contribution is 2.16. The lowest BCUT2D eigenvalue weighted by molar-refractivity contribution is 0.111. The van der Waals surface area contributed by atoms with Crippen molar-refractivity contribution in [2.45, 2.75) is 19.6 Å². The third-order valence-electron chi connectivity index (χ3n) is 4.17. The Morgan fingerprint density at radius 2 is 1.92 bits per heavy atom. The molecule has 3 aromatic rings. The molecule has 0 aliphatic carbocycles. The molecule has 0 saturated carbocycles. The van der Waals surface area contributed by atoms with Gasteiger partial charge in [0.15, 0.2) is 0 Å². The normalized spacial score (nSPS) is 12.6. The zero-order chi connectivity index (χ0) is 17.8. The van der Waals surface area contributed by atoms with Gasteiger partial charge >= 0.3 is 0 Å². The first kappa shape index (κ1) is 17.3. The van der Waals surface area contributed by atoms with Crippen LogP contribution < -0.4 is 5.56 Å². The van der Waals surface area contributed by atoms with Gasteiger partial charge in [0, 0.05) is 6.54 Å². The number of aromatic nitrogens is 2. The first-order chi connectivity index (χ1) is 12.1. The third-order valence-corrected chi connectivity index (χ3v) is 4.17. The van der Waals surface area contributed by atoms with Gasteiger partial charge in [-0.15, -0.1) is 0 Å². The van der Waals surface area contributed by atoms with Gasteiger partial charge in [-0.1, -0.05) is 31.2 Å². The van der Waals surface area contributed by atoms with Crippen molar-refractivity contribution in [3.63, 3.8) is 0 Å². The maximum absolute atomic E-state index is 13.0. The Bertz CT molecular complexity index is 908. The largest absolute Gasteiger partial charge is 0.387 e. The molecule has 0 spiro atoms. The topological polar surface area (TPSA) is 69.2 Å². The fourth-order valence-electron chi connectivity index (χ4n) is 2.76. The number of benzene rings is 2. The van der Waals surface area contributed by atoms with Crippen LogP contribution in [0, 0.1) is 5.82 Å². The maximum Gasteiger partial charge on any atom is 0.258 e. The van der Waals surface area contributed by atoms with Gasteiger partial charge < -0.3 is 10.1 Å².